The average molecular weight is 279 g/mol. The molecule has 0 aromatic heterocycles. The molecule has 78 valence electrons. The van der Waals surface area contributed by atoms with Gasteiger partial charge < -0.3 is 4.74 Å². The van der Waals surface area contributed by atoms with Gasteiger partial charge in [-0.25, -0.2) is 0 Å². The molecule has 0 amide bonds. The summed E-state index contributed by atoms with van der Waals surface area (Å²) in [5, 5.41) is 3.32. The average Bonchev–Trinajstić information content (AvgIpc) is 2.20. The summed E-state index contributed by atoms with van der Waals surface area (Å²) >= 11 is 3.51. The number of ether oxygens (including phenoxy) is 1. The van der Waals surface area contributed by atoms with Crippen LogP contribution in [0.3, 0.4) is 0 Å². The Balaban J connectivity index is 0.000000980. The predicted molar refractivity (Wildman–Crippen MR) is 62.7 cm³/mol. The second-order valence-corrected chi connectivity index (χ2v) is 3.93. The van der Waals surface area contributed by atoms with Crippen LogP contribution in [0.15, 0.2) is 28.7 Å². The predicted octanol–water partition coefficient (Wildman–Crippen LogP) is 2.88. The molecule has 0 saturated carbocycles. The van der Waals surface area contributed by atoms with Crippen molar-refractivity contribution < 1.29 is 4.74 Å². The van der Waals surface area contributed by atoms with Crippen LogP contribution < -0.4 is 5.32 Å². The second-order valence-electron chi connectivity index (χ2n) is 3.08. The van der Waals surface area contributed by atoms with Crippen LogP contribution in [0.1, 0.15) is 18.2 Å². The van der Waals surface area contributed by atoms with E-state index in [4.69, 9.17) is 4.74 Å². The Hall–Kier alpha value is -0.0900. The lowest BCUT2D eigenvalue weighted by molar-refractivity contribution is -0.000748. The number of hydrogen-bond donors (Lipinski definition) is 1. The lowest BCUT2D eigenvalue weighted by Crippen LogP contribution is -2.31. The Morgan fingerprint density at radius 3 is 2.79 bits per heavy atom. The first-order valence-corrected chi connectivity index (χ1v) is 5.26. The third kappa shape index (κ3) is 2.70. The van der Waals surface area contributed by atoms with Gasteiger partial charge in [0.1, 0.15) is 6.23 Å². The van der Waals surface area contributed by atoms with Crippen molar-refractivity contribution >= 4 is 28.3 Å². The van der Waals surface area contributed by atoms with Crippen LogP contribution in [0.4, 0.5) is 0 Å². The summed E-state index contributed by atoms with van der Waals surface area (Å²) in [6, 6.07) is 8.15. The summed E-state index contributed by atoms with van der Waals surface area (Å²) in [6.07, 6.45) is 1.16. The molecular weight excluding hydrogens is 265 g/mol. The number of benzene rings is 1. The first kappa shape index (κ1) is 12.0. The van der Waals surface area contributed by atoms with Gasteiger partial charge in [-0.1, -0.05) is 34.1 Å². The summed E-state index contributed by atoms with van der Waals surface area (Å²) in [5.74, 6) is 0. The Morgan fingerprint density at radius 1 is 1.36 bits per heavy atom. The van der Waals surface area contributed by atoms with Gasteiger partial charge in [0.15, 0.2) is 0 Å². The quantitative estimate of drug-likeness (QED) is 0.853. The van der Waals surface area contributed by atoms with Gasteiger partial charge in [0.05, 0.1) is 6.61 Å². The molecule has 1 atom stereocenters. The summed E-state index contributed by atoms with van der Waals surface area (Å²) in [6.45, 7) is 1.88. The molecule has 0 aliphatic carbocycles. The van der Waals surface area contributed by atoms with Crippen molar-refractivity contribution in [2.75, 3.05) is 13.2 Å². The van der Waals surface area contributed by atoms with Crippen molar-refractivity contribution in [1.29, 1.82) is 0 Å². The first-order valence-electron chi connectivity index (χ1n) is 4.47. The van der Waals surface area contributed by atoms with Gasteiger partial charge in [0.2, 0.25) is 0 Å². The smallest absolute Gasteiger partial charge is 0.135 e. The number of halogens is 2. The van der Waals surface area contributed by atoms with Crippen LogP contribution in [0.2, 0.25) is 0 Å². The summed E-state index contributed by atoms with van der Waals surface area (Å²) < 4.78 is 6.71. The van der Waals surface area contributed by atoms with E-state index < -0.39 is 0 Å². The summed E-state index contributed by atoms with van der Waals surface area (Å²) in [5.41, 5.74) is 1.18. The van der Waals surface area contributed by atoms with Crippen LogP contribution in [0.25, 0.3) is 0 Å². The Bertz CT molecular complexity index is 289. The van der Waals surface area contributed by atoms with Gasteiger partial charge in [-0.2, -0.15) is 0 Å². The maximum atomic E-state index is 5.60. The fourth-order valence-electron chi connectivity index (χ4n) is 1.45. The highest BCUT2D eigenvalue weighted by molar-refractivity contribution is 9.10. The topological polar surface area (TPSA) is 21.3 Å². The number of rotatable bonds is 1. The van der Waals surface area contributed by atoms with Crippen LogP contribution >= 0.6 is 28.3 Å². The molecule has 0 bridgehead atoms. The molecule has 1 saturated heterocycles. The minimum Gasteiger partial charge on any atom is -0.359 e. The van der Waals surface area contributed by atoms with Gasteiger partial charge in [-0.3, -0.25) is 5.32 Å². The van der Waals surface area contributed by atoms with E-state index in [1.165, 1.54) is 5.56 Å². The molecule has 1 fully saturated rings. The van der Waals surface area contributed by atoms with Crippen molar-refractivity contribution in [1.82, 2.24) is 5.32 Å². The maximum absolute atomic E-state index is 5.60. The maximum Gasteiger partial charge on any atom is 0.135 e. The fraction of sp³-hybridized carbons (Fsp3) is 0.400. The molecule has 2 rings (SSSR count). The lowest BCUT2D eigenvalue weighted by Gasteiger charge is -2.25. The van der Waals surface area contributed by atoms with Crippen LogP contribution in [-0.2, 0) is 4.74 Å². The zero-order valence-corrected chi connectivity index (χ0v) is 10.1. The highest BCUT2D eigenvalue weighted by atomic mass is 79.9. The van der Waals surface area contributed by atoms with Crippen molar-refractivity contribution in [3.8, 4) is 0 Å². The van der Waals surface area contributed by atoms with Gasteiger partial charge >= 0.3 is 0 Å². The van der Waals surface area contributed by atoms with Crippen LogP contribution in [0.5, 0.6) is 0 Å². The highest BCUT2D eigenvalue weighted by Gasteiger charge is 2.16. The van der Waals surface area contributed by atoms with Gasteiger partial charge in [-0.05, 0) is 12.5 Å². The van der Waals surface area contributed by atoms with E-state index in [1.54, 1.807) is 0 Å². The van der Waals surface area contributed by atoms with Crippen molar-refractivity contribution in [2.24, 2.45) is 0 Å². The first-order chi connectivity index (χ1) is 6.38. The van der Waals surface area contributed by atoms with Crippen molar-refractivity contribution in [3.63, 3.8) is 0 Å². The zero-order valence-electron chi connectivity index (χ0n) is 7.70. The molecule has 1 aliphatic heterocycles. The Morgan fingerprint density at radius 2 is 2.14 bits per heavy atom. The molecule has 1 aliphatic rings. The Labute approximate surface area is 98.6 Å². The molecule has 1 aromatic carbocycles. The highest BCUT2D eigenvalue weighted by Crippen LogP contribution is 2.25. The molecule has 0 radical (unpaired) electrons. The fourth-order valence-corrected chi connectivity index (χ4v) is 1.95. The van der Waals surface area contributed by atoms with Crippen molar-refractivity contribution in [3.05, 3.63) is 34.3 Å². The molecule has 2 nitrogen and oxygen atoms in total. The van der Waals surface area contributed by atoms with E-state index in [9.17, 15) is 0 Å². The van der Waals surface area contributed by atoms with E-state index in [-0.39, 0.29) is 18.6 Å². The normalized spacial score (nSPS) is 21.4. The molecule has 1 N–H and O–H groups in total. The molecule has 14 heavy (non-hydrogen) atoms. The van der Waals surface area contributed by atoms with Gasteiger partial charge in [-0.15, -0.1) is 12.4 Å². The standard InChI is InChI=1S/C10H12BrNO.ClH/c11-9-5-2-1-4-8(9)10-12-6-3-7-13-10;/h1-2,4-5,10,12H,3,6-7H2;1H. The second kappa shape index (κ2) is 5.71. The molecule has 4 heteroatoms. The molecule has 0 spiro atoms. The Kier molecular flexibility index (Phi) is 4.89. The minimum atomic E-state index is 0. The van der Waals surface area contributed by atoms with Crippen LogP contribution in [0, 0.1) is 0 Å². The minimum absolute atomic E-state index is 0. The van der Waals surface area contributed by atoms with Gasteiger partial charge in [0, 0.05) is 16.6 Å². The zero-order chi connectivity index (χ0) is 9.10. The third-order valence-corrected chi connectivity index (χ3v) is 2.85. The van der Waals surface area contributed by atoms with Crippen LogP contribution in [-0.4, -0.2) is 13.2 Å². The molecule has 1 heterocycles. The van der Waals surface area contributed by atoms with E-state index in [0.29, 0.717) is 0 Å². The summed E-state index contributed by atoms with van der Waals surface area (Å²) in [4.78, 5) is 0. The summed E-state index contributed by atoms with van der Waals surface area (Å²) in [7, 11) is 0. The molecule has 1 unspecified atom stereocenters. The van der Waals surface area contributed by atoms with Crippen molar-refractivity contribution in [2.45, 2.75) is 12.6 Å². The monoisotopic (exact) mass is 277 g/mol. The third-order valence-electron chi connectivity index (χ3n) is 2.12. The van der Waals surface area contributed by atoms with E-state index in [0.717, 1.165) is 24.0 Å². The van der Waals surface area contributed by atoms with E-state index in [1.807, 2.05) is 18.2 Å². The molecular formula is C10H13BrClNO. The van der Waals surface area contributed by atoms with E-state index in [2.05, 4.69) is 27.3 Å². The molecule has 1 aromatic rings. The number of hydrogen-bond acceptors (Lipinski definition) is 2. The lowest BCUT2D eigenvalue weighted by atomic mass is 10.2. The largest absolute Gasteiger partial charge is 0.359 e. The van der Waals surface area contributed by atoms with Gasteiger partial charge in [0.25, 0.3) is 0 Å². The number of nitrogens with one attached hydrogen (secondary N) is 1. The van der Waals surface area contributed by atoms with E-state index >= 15 is 0 Å². The SMILES string of the molecule is Brc1ccccc1C1NCCCO1.Cl.